The molecule has 0 saturated heterocycles. The van der Waals surface area contributed by atoms with Gasteiger partial charge in [-0.15, -0.1) is 0 Å². The van der Waals surface area contributed by atoms with Crippen molar-refractivity contribution in [3.8, 4) is 22.3 Å². The Kier molecular flexibility index (Phi) is 12.8. The van der Waals surface area contributed by atoms with Gasteiger partial charge in [0.05, 0.1) is 0 Å². The monoisotopic (exact) mass is 1040 g/mol. The summed E-state index contributed by atoms with van der Waals surface area (Å²) in [5, 5.41) is 0. The van der Waals surface area contributed by atoms with Gasteiger partial charge in [0.25, 0.3) is 0 Å². The van der Waals surface area contributed by atoms with Crippen LogP contribution in [-0.2, 0) is 51.1 Å². The Morgan fingerprint density at radius 1 is 0.484 bits per heavy atom. The first-order valence-electron chi connectivity index (χ1n) is 20.9. The molecule has 347 valence electrons. The van der Waals surface area contributed by atoms with E-state index in [9.17, 15) is 52.7 Å². The van der Waals surface area contributed by atoms with Gasteiger partial charge < -0.3 is 0 Å². The molecule has 0 fully saturated rings. The van der Waals surface area contributed by atoms with E-state index in [4.69, 9.17) is 17.0 Å². The van der Waals surface area contributed by atoms with Gasteiger partial charge in [-0.1, -0.05) is 0 Å². The Morgan fingerprint density at radius 3 is 0.984 bits per heavy atom. The average molecular weight is 1040 g/mol. The average Bonchev–Trinajstić information content (AvgIpc) is 3.74. The summed E-state index contributed by atoms with van der Waals surface area (Å²) in [7, 11) is 17.0. The van der Waals surface area contributed by atoms with Crippen molar-refractivity contribution in [3.63, 3.8) is 0 Å². The number of benzene rings is 4. The van der Waals surface area contributed by atoms with Gasteiger partial charge in [-0.3, -0.25) is 0 Å². The van der Waals surface area contributed by atoms with Gasteiger partial charge in [-0.05, 0) is 0 Å². The van der Waals surface area contributed by atoms with Crippen molar-refractivity contribution >= 4 is 35.1 Å². The summed E-state index contributed by atoms with van der Waals surface area (Å²) in [5.74, 6) is -2.37. The van der Waals surface area contributed by atoms with Gasteiger partial charge in [0.2, 0.25) is 0 Å². The van der Waals surface area contributed by atoms with Crippen LogP contribution in [0.1, 0.15) is 131 Å². The number of allylic oxidation sites excluding steroid dienone is 2. The third kappa shape index (κ3) is 8.77. The molecule has 2 unspecified atom stereocenters. The van der Waals surface area contributed by atoms with E-state index in [1.807, 2.05) is 80.6 Å². The van der Waals surface area contributed by atoms with Crippen molar-refractivity contribution in [1.29, 1.82) is 0 Å². The van der Waals surface area contributed by atoms with Crippen molar-refractivity contribution in [2.75, 3.05) is 0 Å². The number of halogens is 14. The molecule has 6 rings (SSSR count). The fourth-order valence-corrected chi connectivity index (χ4v) is 41.6. The summed E-state index contributed by atoms with van der Waals surface area (Å²) < 4.78 is 171. The SMILES string of the molecule is CCC1=Cc2c(ccc(C(C)(C)C)c2-c2cc(C(F)(F)F)cc(C(F)(F)F)c2)[CH]1[Zr]([Cl])([Cl])([CH]1C(CC)=Cc2c1ccc(C(C)(C)C)c2-c1cc(C(F)(F)F)cc(C(F)(F)F)c1)[SiH](C)C. The zero-order valence-corrected chi connectivity index (χ0v) is 42.0. The second-order valence-electron chi connectivity index (χ2n) is 19.5. The Bertz CT molecular complexity index is 2340. The molecule has 4 aromatic rings. The molecule has 0 N–H and O–H groups in total. The molecule has 2 aliphatic carbocycles. The van der Waals surface area contributed by atoms with Crippen molar-refractivity contribution in [2.24, 2.45) is 0 Å². The quantitative estimate of drug-likeness (QED) is 0.128. The molecule has 0 bridgehead atoms. The topological polar surface area (TPSA) is 0 Å². The first kappa shape index (κ1) is 50.6. The van der Waals surface area contributed by atoms with E-state index >= 15 is 0 Å². The van der Waals surface area contributed by atoms with Crippen LogP contribution in [0.25, 0.3) is 34.4 Å². The van der Waals surface area contributed by atoms with Crippen LogP contribution in [0.3, 0.4) is 0 Å². The van der Waals surface area contributed by atoms with Gasteiger partial charge in [0.1, 0.15) is 0 Å². The van der Waals surface area contributed by atoms with Gasteiger partial charge in [0, 0.05) is 0 Å². The summed E-state index contributed by atoms with van der Waals surface area (Å²) in [5.41, 5.74) is -3.20. The van der Waals surface area contributed by atoms with E-state index in [0.717, 1.165) is 35.4 Å². The van der Waals surface area contributed by atoms with Crippen LogP contribution in [-0.4, -0.2) is 5.92 Å². The van der Waals surface area contributed by atoms with Crippen LogP contribution >= 0.6 is 17.0 Å². The maximum absolute atomic E-state index is 14.4. The molecule has 0 aliphatic heterocycles. The minimum absolute atomic E-state index is 0.0939. The molecule has 0 heterocycles. The van der Waals surface area contributed by atoms with E-state index in [-0.39, 0.29) is 34.4 Å². The van der Waals surface area contributed by atoms with Crippen LogP contribution < -0.4 is 0 Å². The molecule has 0 spiro atoms. The van der Waals surface area contributed by atoms with Crippen LogP contribution in [0.5, 0.6) is 0 Å². The maximum atomic E-state index is 14.4. The summed E-state index contributed by atoms with van der Waals surface area (Å²) in [6.45, 7) is 18.6. The third-order valence-corrected chi connectivity index (χ3v) is 64.8. The molecule has 0 amide bonds. The third-order valence-electron chi connectivity index (χ3n) is 13.0. The van der Waals surface area contributed by atoms with Crippen molar-refractivity contribution in [1.82, 2.24) is 0 Å². The van der Waals surface area contributed by atoms with Crippen LogP contribution in [0.2, 0.25) is 13.1 Å². The zero-order chi connectivity index (χ0) is 48.3. The van der Waals surface area contributed by atoms with E-state index in [1.165, 1.54) is 0 Å². The minimum atomic E-state index is -5.82. The molecule has 2 atom stereocenters. The number of rotatable bonds is 7. The number of fused-ring (bicyclic) bond motifs is 2. The van der Waals surface area contributed by atoms with E-state index < -0.39 is 86.5 Å². The van der Waals surface area contributed by atoms with Crippen molar-refractivity contribution < 1.29 is 68.2 Å². The van der Waals surface area contributed by atoms with Gasteiger partial charge in [-0.2, -0.15) is 0 Å². The normalized spacial score (nSPS) is 18.2. The zero-order valence-electron chi connectivity index (χ0n) is 36.9. The number of alkyl halides is 12. The van der Waals surface area contributed by atoms with Gasteiger partial charge >= 0.3 is 377 Å². The summed E-state index contributed by atoms with van der Waals surface area (Å²) in [6.07, 6.45) is -16.1. The Morgan fingerprint density at radius 2 is 0.766 bits per heavy atom. The molecule has 0 saturated carbocycles. The van der Waals surface area contributed by atoms with E-state index in [2.05, 4.69) is 0 Å². The Balaban J connectivity index is 1.71. The predicted octanol–water partition coefficient (Wildman–Crippen LogP) is 18.1. The van der Waals surface area contributed by atoms with Crippen molar-refractivity contribution in [3.05, 3.63) is 127 Å². The Hall–Kier alpha value is -2.80. The molecular weight excluding hydrogens is 995 g/mol. The standard InChI is InChI=1S/2C23H21F6.C2H7Si.2ClH.Zr/c2*1-5-13-8-14-6-7-19(21(2,3)4)20(18(14)9-13)15-10-16(22(24,25)26)12-17(11-15)23(27,28)29;1-3-2;;;/h2*6-12H,5H2,1-4H3;3H,1-2H3;2*1H;/q;;;;;+2/p-2. The Labute approximate surface area is 374 Å². The fraction of sp³-hybridized carbons (Fsp3) is 0.417. The fourth-order valence-electron chi connectivity index (χ4n) is 9.84. The number of hydrogen-bond acceptors (Lipinski definition) is 0. The summed E-state index contributed by atoms with van der Waals surface area (Å²) >= 11 is -5.82. The molecule has 0 aromatic heterocycles. The second-order valence-corrected chi connectivity index (χ2v) is 62.0. The number of hydrogen-bond donors (Lipinski definition) is 0. The van der Waals surface area contributed by atoms with Crippen LogP contribution in [0.15, 0.2) is 71.8 Å². The molecule has 0 nitrogen and oxygen atoms in total. The molecular formula is C48H49Cl2F12SiZr. The van der Waals surface area contributed by atoms with Gasteiger partial charge in [0.15, 0.2) is 0 Å². The van der Waals surface area contributed by atoms with E-state index in [1.54, 1.807) is 24.3 Å². The molecule has 2 aliphatic rings. The molecule has 64 heavy (non-hydrogen) atoms. The first-order valence-corrected chi connectivity index (χ1v) is 37.2. The summed E-state index contributed by atoms with van der Waals surface area (Å²) in [6, 6.07) is 10.2. The molecule has 16 heteroatoms. The first-order chi connectivity index (χ1) is 29.0. The molecule has 4 aromatic carbocycles. The van der Waals surface area contributed by atoms with Crippen molar-refractivity contribution in [2.45, 2.75) is 124 Å². The van der Waals surface area contributed by atoms with Crippen LogP contribution in [0.4, 0.5) is 52.7 Å². The predicted molar refractivity (Wildman–Crippen MR) is 234 cm³/mol. The van der Waals surface area contributed by atoms with Gasteiger partial charge in [-0.25, -0.2) is 0 Å². The molecule has 0 radical (unpaired) electrons. The second kappa shape index (κ2) is 16.2. The summed E-state index contributed by atoms with van der Waals surface area (Å²) in [4.78, 5) is 0. The van der Waals surface area contributed by atoms with Crippen LogP contribution in [0, 0.1) is 0 Å². The van der Waals surface area contributed by atoms with E-state index in [0.29, 0.717) is 46.2 Å².